The SMILES string of the molecule is C=CCn1c(SCc2ccc(-c3ccccc3C#N)cc2)nnc1C1CC1. The molecule has 0 spiro atoms. The van der Waals surface area contributed by atoms with Gasteiger partial charge in [0, 0.05) is 18.2 Å². The van der Waals surface area contributed by atoms with Gasteiger partial charge in [-0.2, -0.15) is 5.26 Å². The lowest BCUT2D eigenvalue weighted by molar-refractivity contribution is 0.681. The fraction of sp³-hybridized carbons (Fsp3) is 0.227. The van der Waals surface area contributed by atoms with E-state index in [-0.39, 0.29) is 0 Å². The normalized spacial score (nSPS) is 13.3. The van der Waals surface area contributed by atoms with Gasteiger partial charge in [0.25, 0.3) is 0 Å². The van der Waals surface area contributed by atoms with E-state index in [1.54, 1.807) is 11.8 Å². The first-order valence-electron chi connectivity index (χ1n) is 9.05. The van der Waals surface area contributed by atoms with E-state index in [9.17, 15) is 5.26 Å². The molecular weight excluding hydrogens is 352 g/mol. The maximum absolute atomic E-state index is 9.28. The van der Waals surface area contributed by atoms with Crippen LogP contribution in [0.25, 0.3) is 11.1 Å². The molecule has 0 aliphatic heterocycles. The Kier molecular flexibility index (Phi) is 5.08. The second-order valence-corrected chi connectivity index (χ2v) is 7.60. The van der Waals surface area contributed by atoms with Crippen molar-refractivity contribution in [3.8, 4) is 17.2 Å². The minimum Gasteiger partial charge on any atom is -0.302 e. The van der Waals surface area contributed by atoms with E-state index in [0.717, 1.165) is 34.4 Å². The largest absolute Gasteiger partial charge is 0.302 e. The Morgan fingerprint density at radius 2 is 1.93 bits per heavy atom. The molecule has 0 unspecified atom stereocenters. The van der Waals surface area contributed by atoms with E-state index in [1.165, 1.54) is 18.4 Å². The standard InChI is InChI=1S/C22H20N4S/c1-2-13-26-21(18-11-12-18)24-25-22(26)27-15-16-7-9-17(10-8-16)20-6-4-3-5-19(20)14-23/h2-10,18H,1,11-13,15H2. The number of thioether (sulfide) groups is 1. The molecule has 0 radical (unpaired) electrons. The van der Waals surface area contributed by atoms with Crippen molar-refractivity contribution in [2.24, 2.45) is 0 Å². The number of allylic oxidation sites excluding steroid dienone is 1. The third-order valence-electron chi connectivity index (χ3n) is 4.68. The maximum atomic E-state index is 9.28. The number of benzene rings is 2. The second kappa shape index (κ2) is 7.81. The molecule has 3 aromatic rings. The zero-order valence-corrected chi connectivity index (χ0v) is 15.8. The minimum absolute atomic E-state index is 0.575. The summed E-state index contributed by atoms with van der Waals surface area (Å²) in [6, 6.07) is 18.3. The highest BCUT2D eigenvalue weighted by Gasteiger charge is 2.30. The van der Waals surface area contributed by atoms with E-state index < -0.39 is 0 Å². The van der Waals surface area contributed by atoms with Crippen LogP contribution in [0, 0.1) is 11.3 Å². The van der Waals surface area contributed by atoms with Gasteiger partial charge < -0.3 is 4.57 Å². The van der Waals surface area contributed by atoms with E-state index in [2.05, 4.69) is 51.7 Å². The van der Waals surface area contributed by atoms with Crippen molar-refractivity contribution in [3.05, 3.63) is 78.1 Å². The monoisotopic (exact) mass is 372 g/mol. The van der Waals surface area contributed by atoms with Gasteiger partial charge in [-0.15, -0.1) is 16.8 Å². The fourth-order valence-electron chi connectivity index (χ4n) is 3.11. The molecule has 5 heteroatoms. The topological polar surface area (TPSA) is 54.5 Å². The van der Waals surface area contributed by atoms with Crippen LogP contribution in [0.3, 0.4) is 0 Å². The van der Waals surface area contributed by atoms with Crippen LogP contribution in [0.5, 0.6) is 0 Å². The summed E-state index contributed by atoms with van der Waals surface area (Å²) in [6.45, 7) is 4.61. The van der Waals surface area contributed by atoms with Gasteiger partial charge in [0.05, 0.1) is 11.6 Å². The van der Waals surface area contributed by atoms with E-state index >= 15 is 0 Å². The van der Waals surface area contributed by atoms with Crippen LogP contribution in [-0.2, 0) is 12.3 Å². The first-order chi connectivity index (χ1) is 13.3. The summed E-state index contributed by atoms with van der Waals surface area (Å²) in [6.07, 6.45) is 4.33. The zero-order chi connectivity index (χ0) is 18.6. The molecule has 134 valence electrons. The molecular formula is C22H20N4S. The van der Waals surface area contributed by atoms with Crippen molar-refractivity contribution in [1.29, 1.82) is 5.26 Å². The Balaban J connectivity index is 1.48. The Bertz CT molecular complexity index is 994. The van der Waals surface area contributed by atoms with Gasteiger partial charge in [0.1, 0.15) is 5.82 Å². The first-order valence-corrected chi connectivity index (χ1v) is 10.0. The Hall–Kier alpha value is -2.84. The van der Waals surface area contributed by atoms with Crippen molar-refractivity contribution in [2.75, 3.05) is 0 Å². The van der Waals surface area contributed by atoms with Gasteiger partial charge in [0.2, 0.25) is 0 Å². The first kappa shape index (κ1) is 17.6. The van der Waals surface area contributed by atoms with Crippen molar-refractivity contribution in [1.82, 2.24) is 14.8 Å². The summed E-state index contributed by atoms with van der Waals surface area (Å²) in [5.74, 6) is 2.51. The highest BCUT2D eigenvalue weighted by Crippen LogP contribution is 2.40. The van der Waals surface area contributed by atoms with Crippen LogP contribution in [0.4, 0.5) is 0 Å². The summed E-state index contributed by atoms with van der Waals surface area (Å²) in [7, 11) is 0. The predicted molar refractivity (Wildman–Crippen MR) is 108 cm³/mol. The van der Waals surface area contributed by atoms with Gasteiger partial charge in [-0.25, -0.2) is 0 Å². The lowest BCUT2D eigenvalue weighted by Crippen LogP contribution is -2.02. The maximum Gasteiger partial charge on any atom is 0.191 e. The molecule has 1 aliphatic carbocycles. The van der Waals surface area contributed by atoms with E-state index in [0.29, 0.717) is 11.5 Å². The summed E-state index contributed by atoms with van der Waals surface area (Å²) in [5, 5.41) is 19.0. The van der Waals surface area contributed by atoms with Gasteiger partial charge in [0.15, 0.2) is 5.16 Å². The molecule has 0 bridgehead atoms. The molecule has 1 fully saturated rings. The molecule has 0 amide bonds. The second-order valence-electron chi connectivity index (χ2n) is 6.66. The van der Waals surface area contributed by atoms with Crippen LogP contribution >= 0.6 is 11.8 Å². The predicted octanol–water partition coefficient (Wildman–Crippen LogP) is 5.17. The number of hydrogen-bond acceptors (Lipinski definition) is 4. The Morgan fingerprint density at radius 3 is 2.63 bits per heavy atom. The molecule has 1 heterocycles. The molecule has 0 N–H and O–H groups in total. The minimum atomic E-state index is 0.575. The molecule has 4 rings (SSSR count). The molecule has 0 saturated heterocycles. The highest BCUT2D eigenvalue weighted by atomic mass is 32.2. The lowest BCUT2D eigenvalue weighted by atomic mass is 10.00. The van der Waals surface area contributed by atoms with Gasteiger partial charge in [-0.3, -0.25) is 0 Å². The highest BCUT2D eigenvalue weighted by molar-refractivity contribution is 7.98. The number of nitrogens with zero attached hydrogens (tertiary/aromatic N) is 4. The molecule has 27 heavy (non-hydrogen) atoms. The Labute approximate surface area is 163 Å². The zero-order valence-electron chi connectivity index (χ0n) is 15.0. The molecule has 1 saturated carbocycles. The van der Waals surface area contributed by atoms with Crippen LogP contribution in [0.15, 0.2) is 66.3 Å². The number of rotatable bonds is 7. The van der Waals surface area contributed by atoms with Crippen molar-refractivity contribution in [3.63, 3.8) is 0 Å². The van der Waals surface area contributed by atoms with Crippen molar-refractivity contribution >= 4 is 11.8 Å². The number of hydrogen-bond donors (Lipinski definition) is 0. The Morgan fingerprint density at radius 1 is 1.15 bits per heavy atom. The summed E-state index contributed by atoms with van der Waals surface area (Å²) in [4.78, 5) is 0. The fourth-order valence-corrected chi connectivity index (χ4v) is 4.02. The third kappa shape index (κ3) is 3.81. The number of nitriles is 1. The van der Waals surface area contributed by atoms with Gasteiger partial charge >= 0.3 is 0 Å². The molecule has 4 nitrogen and oxygen atoms in total. The molecule has 0 atom stereocenters. The summed E-state index contributed by atoms with van der Waals surface area (Å²) >= 11 is 1.70. The molecule has 1 aromatic heterocycles. The quantitative estimate of drug-likeness (QED) is 0.424. The van der Waals surface area contributed by atoms with Gasteiger partial charge in [-0.1, -0.05) is 60.3 Å². The van der Waals surface area contributed by atoms with E-state index in [4.69, 9.17) is 0 Å². The smallest absolute Gasteiger partial charge is 0.191 e. The van der Waals surface area contributed by atoms with Crippen LogP contribution in [-0.4, -0.2) is 14.8 Å². The van der Waals surface area contributed by atoms with E-state index in [1.807, 2.05) is 30.3 Å². The third-order valence-corrected chi connectivity index (χ3v) is 5.72. The summed E-state index contributed by atoms with van der Waals surface area (Å²) in [5.41, 5.74) is 3.95. The van der Waals surface area contributed by atoms with Crippen molar-refractivity contribution in [2.45, 2.75) is 36.2 Å². The average molecular weight is 372 g/mol. The molecule has 2 aromatic carbocycles. The number of aromatic nitrogens is 3. The summed E-state index contributed by atoms with van der Waals surface area (Å²) < 4.78 is 2.19. The van der Waals surface area contributed by atoms with Crippen LogP contribution in [0.2, 0.25) is 0 Å². The lowest BCUT2D eigenvalue weighted by Gasteiger charge is -2.08. The molecule has 1 aliphatic rings. The van der Waals surface area contributed by atoms with Crippen molar-refractivity contribution < 1.29 is 0 Å². The van der Waals surface area contributed by atoms with Crippen LogP contribution in [0.1, 0.15) is 35.7 Å². The van der Waals surface area contributed by atoms with Crippen LogP contribution < -0.4 is 0 Å². The average Bonchev–Trinajstić information content (AvgIpc) is 3.49. The van der Waals surface area contributed by atoms with Gasteiger partial charge in [-0.05, 0) is 35.6 Å².